The molecule has 5 nitrogen and oxygen atoms in total. The molecule has 0 saturated heterocycles. The van der Waals surface area contributed by atoms with Gasteiger partial charge in [0.15, 0.2) is 5.82 Å². The smallest absolute Gasteiger partial charge is 0.229 e. The molecule has 1 saturated carbocycles. The summed E-state index contributed by atoms with van der Waals surface area (Å²) in [5, 5.41) is 14.3. The minimum Gasteiger partial charge on any atom is -0.392 e. The van der Waals surface area contributed by atoms with Gasteiger partial charge in [0.1, 0.15) is 0 Å². The second-order valence-electron chi connectivity index (χ2n) is 5.32. The van der Waals surface area contributed by atoms with Crippen LogP contribution in [0.25, 0.3) is 10.9 Å². The number of nitrogens with zero attached hydrogens (tertiary/aromatic N) is 3. The first kappa shape index (κ1) is 11.7. The van der Waals surface area contributed by atoms with Crippen LogP contribution in [0.4, 0.5) is 0 Å². The second kappa shape index (κ2) is 4.45. The number of benzene rings is 1. The van der Waals surface area contributed by atoms with Gasteiger partial charge >= 0.3 is 0 Å². The summed E-state index contributed by atoms with van der Waals surface area (Å²) in [7, 11) is 0. The Hall–Kier alpha value is -2.14. The van der Waals surface area contributed by atoms with Crippen molar-refractivity contribution >= 4 is 10.9 Å². The van der Waals surface area contributed by atoms with Crippen molar-refractivity contribution < 1.29 is 9.63 Å². The Morgan fingerprint density at radius 2 is 2.20 bits per heavy atom. The van der Waals surface area contributed by atoms with Crippen molar-refractivity contribution in [1.29, 1.82) is 0 Å². The summed E-state index contributed by atoms with van der Waals surface area (Å²) < 4.78 is 7.37. The van der Waals surface area contributed by atoms with E-state index in [1.165, 1.54) is 0 Å². The number of fused-ring (bicyclic) bond motifs is 1. The van der Waals surface area contributed by atoms with Gasteiger partial charge in [-0.1, -0.05) is 11.2 Å². The van der Waals surface area contributed by atoms with E-state index >= 15 is 0 Å². The number of hydrogen-bond donors (Lipinski definition) is 1. The molecule has 1 aliphatic rings. The summed E-state index contributed by atoms with van der Waals surface area (Å²) in [6, 6.07) is 7.99. The van der Waals surface area contributed by atoms with Crippen LogP contribution in [0.5, 0.6) is 0 Å². The number of aromatic nitrogens is 3. The monoisotopic (exact) mass is 269 g/mol. The molecule has 0 amide bonds. The predicted molar refractivity (Wildman–Crippen MR) is 73.2 cm³/mol. The third-order valence-corrected chi connectivity index (χ3v) is 3.74. The molecule has 0 radical (unpaired) electrons. The summed E-state index contributed by atoms with van der Waals surface area (Å²) in [5.74, 6) is 1.99. The number of hydrogen-bond acceptors (Lipinski definition) is 4. The van der Waals surface area contributed by atoms with E-state index in [0.29, 0.717) is 12.5 Å². The lowest BCUT2D eigenvalue weighted by molar-refractivity contribution is 0.282. The average Bonchev–Trinajstić information content (AvgIpc) is 3.10. The molecule has 1 aliphatic carbocycles. The van der Waals surface area contributed by atoms with Gasteiger partial charge in [0.25, 0.3) is 0 Å². The molecule has 1 N–H and O–H groups in total. The predicted octanol–water partition coefficient (Wildman–Crippen LogP) is 2.44. The van der Waals surface area contributed by atoms with Gasteiger partial charge in [-0.2, -0.15) is 4.98 Å². The van der Waals surface area contributed by atoms with Crippen molar-refractivity contribution in [3.8, 4) is 0 Å². The lowest BCUT2D eigenvalue weighted by Crippen LogP contribution is -2.00. The molecule has 0 unspecified atom stereocenters. The van der Waals surface area contributed by atoms with Gasteiger partial charge in [0.05, 0.1) is 13.2 Å². The highest BCUT2D eigenvalue weighted by Crippen LogP contribution is 2.38. The lowest BCUT2D eigenvalue weighted by atomic mass is 10.2. The quantitative estimate of drug-likeness (QED) is 0.790. The van der Waals surface area contributed by atoms with Crippen molar-refractivity contribution in [3.63, 3.8) is 0 Å². The Morgan fingerprint density at radius 1 is 1.30 bits per heavy atom. The zero-order valence-electron chi connectivity index (χ0n) is 11.0. The number of rotatable bonds is 4. The topological polar surface area (TPSA) is 64.1 Å². The maximum Gasteiger partial charge on any atom is 0.229 e. The summed E-state index contributed by atoms with van der Waals surface area (Å²) in [6.45, 7) is 0.675. The van der Waals surface area contributed by atoms with Crippen molar-refractivity contribution in [2.24, 2.45) is 0 Å². The Labute approximate surface area is 115 Å². The van der Waals surface area contributed by atoms with Gasteiger partial charge in [-0.15, -0.1) is 0 Å². The van der Waals surface area contributed by atoms with E-state index in [1.54, 1.807) is 0 Å². The van der Waals surface area contributed by atoms with Crippen LogP contribution in [0.15, 0.2) is 35.0 Å². The third kappa shape index (κ3) is 2.00. The molecule has 0 aliphatic heterocycles. The van der Waals surface area contributed by atoms with Gasteiger partial charge in [0.2, 0.25) is 5.89 Å². The molecule has 1 fully saturated rings. The van der Waals surface area contributed by atoms with Crippen LogP contribution >= 0.6 is 0 Å². The molecule has 20 heavy (non-hydrogen) atoms. The fourth-order valence-corrected chi connectivity index (χ4v) is 2.47. The zero-order chi connectivity index (χ0) is 13.5. The van der Waals surface area contributed by atoms with Crippen LogP contribution in [-0.2, 0) is 13.2 Å². The highest BCUT2D eigenvalue weighted by atomic mass is 16.5. The molecule has 0 spiro atoms. The average molecular weight is 269 g/mol. The molecular formula is C15H15N3O2. The molecule has 4 rings (SSSR count). The standard InChI is InChI=1S/C15H15N3O2/c19-9-10-1-4-13-12(7-10)5-6-18(13)8-14-16-15(20-17-14)11-2-3-11/h1,4-7,11,19H,2-3,8-9H2. The van der Waals surface area contributed by atoms with E-state index in [0.717, 1.165) is 41.0 Å². The number of aliphatic hydroxyl groups is 1. The molecule has 0 atom stereocenters. The maximum absolute atomic E-state index is 9.16. The summed E-state index contributed by atoms with van der Waals surface area (Å²) in [5.41, 5.74) is 2.03. The molecular weight excluding hydrogens is 254 g/mol. The molecule has 3 aromatic rings. The molecule has 5 heteroatoms. The first-order valence-electron chi connectivity index (χ1n) is 6.84. The van der Waals surface area contributed by atoms with E-state index in [2.05, 4.69) is 14.7 Å². The van der Waals surface area contributed by atoms with Crippen LogP contribution in [0.1, 0.15) is 36.0 Å². The molecule has 2 aromatic heterocycles. The minimum atomic E-state index is 0.0662. The molecule has 0 bridgehead atoms. The van der Waals surface area contributed by atoms with Crippen LogP contribution in [0, 0.1) is 0 Å². The van der Waals surface area contributed by atoms with Gasteiger partial charge in [-0.25, -0.2) is 0 Å². The first-order chi connectivity index (χ1) is 9.83. The summed E-state index contributed by atoms with van der Waals surface area (Å²) in [4.78, 5) is 4.45. The van der Waals surface area contributed by atoms with E-state index < -0.39 is 0 Å². The maximum atomic E-state index is 9.16. The van der Waals surface area contributed by atoms with Crippen molar-refractivity contribution in [1.82, 2.24) is 14.7 Å². The van der Waals surface area contributed by atoms with E-state index in [-0.39, 0.29) is 6.61 Å². The van der Waals surface area contributed by atoms with Crippen LogP contribution in [0.3, 0.4) is 0 Å². The van der Waals surface area contributed by atoms with Gasteiger partial charge in [-0.05, 0) is 42.0 Å². The van der Waals surface area contributed by atoms with Crippen molar-refractivity contribution in [2.75, 3.05) is 0 Å². The van der Waals surface area contributed by atoms with Crippen LogP contribution in [0.2, 0.25) is 0 Å². The molecule has 1 aromatic carbocycles. The fraction of sp³-hybridized carbons (Fsp3) is 0.333. The Balaban J connectivity index is 1.63. The van der Waals surface area contributed by atoms with Crippen LogP contribution < -0.4 is 0 Å². The van der Waals surface area contributed by atoms with Crippen LogP contribution in [-0.4, -0.2) is 19.8 Å². The molecule has 2 heterocycles. The Bertz CT molecular complexity index is 755. The largest absolute Gasteiger partial charge is 0.392 e. The highest BCUT2D eigenvalue weighted by molar-refractivity contribution is 5.80. The van der Waals surface area contributed by atoms with E-state index in [4.69, 9.17) is 9.63 Å². The molecule has 102 valence electrons. The van der Waals surface area contributed by atoms with Crippen molar-refractivity contribution in [2.45, 2.75) is 31.9 Å². The normalized spacial score (nSPS) is 15.1. The Kier molecular flexibility index (Phi) is 2.60. The zero-order valence-corrected chi connectivity index (χ0v) is 11.0. The Morgan fingerprint density at radius 3 is 3.00 bits per heavy atom. The summed E-state index contributed by atoms with van der Waals surface area (Å²) >= 11 is 0. The summed E-state index contributed by atoms with van der Waals surface area (Å²) in [6.07, 6.45) is 4.34. The number of aliphatic hydroxyl groups excluding tert-OH is 1. The lowest BCUT2D eigenvalue weighted by Gasteiger charge is -2.02. The van der Waals surface area contributed by atoms with Gasteiger partial charge < -0.3 is 14.2 Å². The van der Waals surface area contributed by atoms with Crippen molar-refractivity contribution in [3.05, 3.63) is 47.7 Å². The fourth-order valence-electron chi connectivity index (χ4n) is 2.47. The highest BCUT2D eigenvalue weighted by Gasteiger charge is 2.29. The van der Waals surface area contributed by atoms with E-state index in [9.17, 15) is 0 Å². The van der Waals surface area contributed by atoms with Gasteiger partial charge in [0, 0.05) is 17.6 Å². The van der Waals surface area contributed by atoms with E-state index in [1.807, 2.05) is 30.5 Å². The first-order valence-corrected chi connectivity index (χ1v) is 6.84. The second-order valence-corrected chi connectivity index (χ2v) is 5.32. The SMILES string of the molecule is OCc1ccc2c(ccn2Cc2noc(C3CC3)n2)c1. The van der Waals surface area contributed by atoms with Gasteiger partial charge in [-0.3, -0.25) is 0 Å². The third-order valence-electron chi connectivity index (χ3n) is 3.74. The minimum absolute atomic E-state index is 0.0662.